The summed E-state index contributed by atoms with van der Waals surface area (Å²) in [4.78, 5) is 4.15. The Hall–Kier alpha value is -0.560. The average Bonchev–Trinajstić information content (AvgIpc) is 2.12. The second kappa shape index (κ2) is 5.15. The van der Waals surface area contributed by atoms with Gasteiger partial charge in [-0.2, -0.15) is 0 Å². The van der Waals surface area contributed by atoms with Gasteiger partial charge >= 0.3 is 0 Å². The minimum absolute atomic E-state index is 0.840. The normalized spacial score (nSPS) is 8.83. The summed E-state index contributed by atoms with van der Waals surface area (Å²) in [5.74, 6) is 0. The molecule has 0 aromatic carbocycles. The van der Waals surface area contributed by atoms with Crippen LogP contribution in [0.3, 0.4) is 0 Å². The predicted octanol–water partition coefficient (Wildman–Crippen LogP) is 3.69. The zero-order valence-corrected chi connectivity index (χ0v) is 9.16. The van der Waals surface area contributed by atoms with Gasteiger partial charge in [0.25, 0.3) is 0 Å². The van der Waals surface area contributed by atoms with Gasteiger partial charge in [-0.15, -0.1) is 0 Å². The molecule has 68 valence electrons. The van der Waals surface area contributed by atoms with Gasteiger partial charge in [0.15, 0.2) is 0 Å². The first-order valence-corrected chi connectivity index (χ1v) is 4.59. The van der Waals surface area contributed by atoms with Crippen molar-refractivity contribution in [1.82, 2.24) is 4.98 Å². The molecule has 1 rings (SSSR count). The summed E-state index contributed by atoms with van der Waals surface area (Å²) in [6.07, 6.45) is 1.80. The smallest absolute Gasteiger partial charge is 0.0497 e. The molecule has 0 aliphatic rings. The molecular formula is C10H16ClN. The van der Waals surface area contributed by atoms with Crippen LogP contribution >= 0.6 is 11.6 Å². The summed E-state index contributed by atoms with van der Waals surface area (Å²) in [5, 5.41) is 0.840. The van der Waals surface area contributed by atoms with E-state index in [0.29, 0.717) is 0 Å². The Labute approximate surface area is 79.8 Å². The Kier molecular flexibility index (Phi) is 4.91. The van der Waals surface area contributed by atoms with Crippen LogP contribution in [0.15, 0.2) is 6.20 Å². The van der Waals surface area contributed by atoms with Gasteiger partial charge in [-0.3, -0.25) is 4.98 Å². The molecule has 1 aromatic rings. The number of hydrogen-bond donors (Lipinski definition) is 0. The van der Waals surface area contributed by atoms with Crippen molar-refractivity contribution in [3.63, 3.8) is 0 Å². The molecule has 0 saturated carbocycles. The molecule has 0 aliphatic carbocycles. The van der Waals surface area contributed by atoms with Gasteiger partial charge in [0.05, 0.1) is 0 Å². The monoisotopic (exact) mass is 185 g/mol. The van der Waals surface area contributed by atoms with Crippen molar-refractivity contribution in [2.24, 2.45) is 0 Å². The first kappa shape index (κ1) is 11.4. The van der Waals surface area contributed by atoms with Gasteiger partial charge in [0.2, 0.25) is 0 Å². The lowest BCUT2D eigenvalue weighted by atomic mass is 10.2. The molecule has 0 bridgehead atoms. The molecule has 0 radical (unpaired) electrons. The maximum absolute atomic E-state index is 5.94. The maximum atomic E-state index is 5.94. The molecule has 0 unspecified atom stereocenters. The zero-order valence-electron chi connectivity index (χ0n) is 8.40. The van der Waals surface area contributed by atoms with Gasteiger partial charge in [-0.25, -0.2) is 0 Å². The predicted molar refractivity (Wildman–Crippen MR) is 54.8 cm³/mol. The lowest BCUT2D eigenvalue weighted by molar-refractivity contribution is 1.12. The summed E-state index contributed by atoms with van der Waals surface area (Å²) in [7, 11) is 0. The number of hydrogen-bond acceptors (Lipinski definition) is 1. The van der Waals surface area contributed by atoms with Crippen molar-refractivity contribution < 1.29 is 0 Å². The van der Waals surface area contributed by atoms with Crippen LogP contribution in [0.25, 0.3) is 0 Å². The Morgan fingerprint density at radius 3 is 2.08 bits per heavy atom. The summed E-state index contributed by atoms with van der Waals surface area (Å²) < 4.78 is 0. The van der Waals surface area contributed by atoms with Gasteiger partial charge in [-0.1, -0.05) is 25.4 Å². The van der Waals surface area contributed by atoms with Crippen molar-refractivity contribution in [3.05, 3.63) is 28.0 Å². The molecular weight excluding hydrogens is 170 g/mol. The summed E-state index contributed by atoms with van der Waals surface area (Å²) in [5.41, 5.74) is 3.14. The van der Waals surface area contributed by atoms with Crippen molar-refractivity contribution in [2.45, 2.75) is 34.6 Å². The molecule has 2 heteroatoms. The third-order valence-electron chi connectivity index (χ3n) is 1.67. The van der Waals surface area contributed by atoms with Crippen molar-refractivity contribution in [3.8, 4) is 0 Å². The van der Waals surface area contributed by atoms with Gasteiger partial charge in [0, 0.05) is 16.9 Å². The molecule has 1 nitrogen and oxygen atoms in total. The Morgan fingerprint density at radius 1 is 1.17 bits per heavy atom. The fourth-order valence-corrected chi connectivity index (χ4v) is 0.987. The summed E-state index contributed by atoms with van der Waals surface area (Å²) in [6, 6.07) is 0. The van der Waals surface area contributed by atoms with E-state index in [1.165, 1.54) is 0 Å². The minimum atomic E-state index is 0.840. The highest BCUT2D eigenvalue weighted by Crippen LogP contribution is 2.20. The maximum Gasteiger partial charge on any atom is 0.0497 e. The number of aryl methyl sites for hydroxylation is 2. The van der Waals surface area contributed by atoms with E-state index in [0.717, 1.165) is 21.8 Å². The highest BCUT2D eigenvalue weighted by Gasteiger charge is 2.01. The third kappa shape index (κ3) is 2.49. The fraction of sp³-hybridized carbons (Fsp3) is 0.500. The standard InChI is InChI=1S/C8H10ClN.C2H6/c1-5-4-10-7(3)6(2)8(5)9;1-2/h4H,1-3H3;1-2H3. The quantitative estimate of drug-likeness (QED) is 0.601. The molecule has 0 atom stereocenters. The van der Waals surface area contributed by atoms with Crippen molar-refractivity contribution in [2.75, 3.05) is 0 Å². The van der Waals surface area contributed by atoms with E-state index in [4.69, 9.17) is 11.6 Å². The van der Waals surface area contributed by atoms with Crippen LogP contribution in [0, 0.1) is 20.8 Å². The number of pyridine rings is 1. The van der Waals surface area contributed by atoms with E-state index in [1.807, 2.05) is 34.6 Å². The van der Waals surface area contributed by atoms with E-state index >= 15 is 0 Å². The second-order valence-corrected chi connectivity index (χ2v) is 2.84. The SMILES string of the molecule is CC.Cc1cnc(C)c(C)c1Cl. The molecule has 0 fully saturated rings. The summed E-state index contributed by atoms with van der Waals surface area (Å²) >= 11 is 5.94. The van der Waals surface area contributed by atoms with Crippen LogP contribution in [0.1, 0.15) is 30.7 Å². The van der Waals surface area contributed by atoms with Crippen LogP contribution in [0.5, 0.6) is 0 Å². The Morgan fingerprint density at radius 2 is 1.67 bits per heavy atom. The summed E-state index contributed by atoms with van der Waals surface area (Å²) in [6.45, 7) is 9.90. The van der Waals surface area contributed by atoms with E-state index in [-0.39, 0.29) is 0 Å². The largest absolute Gasteiger partial charge is 0.261 e. The van der Waals surface area contributed by atoms with Crippen LogP contribution in [-0.4, -0.2) is 4.98 Å². The lowest BCUT2D eigenvalue weighted by Crippen LogP contribution is -1.89. The highest BCUT2D eigenvalue weighted by atomic mass is 35.5. The Balaban J connectivity index is 0.000000561. The average molecular weight is 186 g/mol. The molecule has 0 saturated heterocycles. The number of nitrogens with zero attached hydrogens (tertiary/aromatic N) is 1. The first-order valence-electron chi connectivity index (χ1n) is 4.21. The Bertz CT molecular complexity index is 229. The second-order valence-electron chi connectivity index (χ2n) is 2.47. The van der Waals surface area contributed by atoms with E-state index < -0.39 is 0 Å². The lowest BCUT2D eigenvalue weighted by Gasteiger charge is -2.02. The first-order chi connectivity index (χ1) is 5.63. The molecule has 0 N–H and O–H groups in total. The van der Waals surface area contributed by atoms with Crippen LogP contribution in [0.4, 0.5) is 0 Å². The van der Waals surface area contributed by atoms with Gasteiger partial charge in [0.1, 0.15) is 0 Å². The highest BCUT2D eigenvalue weighted by molar-refractivity contribution is 6.32. The number of halogens is 1. The number of rotatable bonds is 0. The van der Waals surface area contributed by atoms with E-state index in [9.17, 15) is 0 Å². The van der Waals surface area contributed by atoms with Crippen LogP contribution in [0.2, 0.25) is 5.02 Å². The minimum Gasteiger partial charge on any atom is -0.261 e. The van der Waals surface area contributed by atoms with Crippen molar-refractivity contribution >= 4 is 11.6 Å². The molecule has 1 heterocycles. The molecule has 0 amide bonds. The topological polar surface area (TPSA) is 12.9 Å². The molecule has 0 aliphatic heterocycles. The molecule has 0 spiro atoms. The molecule has 1 aromatic heterocycles. The van der Waals surface area contributed by atoms with Gasteiger partial charge in [-0.05, 0) is 31.9 Å². The third-order valence-corrected chi connectivity index (χ3v) is 2.25. The van der Waals surface area contributed by atoms with Crippen LogP contribution in [-0.2, 0) is 0 Å². The van der Waals surface area contributed by atoms with Gasteiger partial charge < -0.3 is 0 Å². The van der Waals surface area contributed by atoms with E-state index in [2.05, 4.69) is 4.98 Å². The van der Waals surface area contributed by atoms with Crippen LogP contribution < -0.4 is 0 Å². The number of aromatic nitrogens is 1. The fourth-order valence-electron chi connectivity index (χ4n) is 0.802. The zero-order chi connectivity index (χ0) is 9.72. The van der Waals surface area contributed by atoms with E-state index in [1.54, 1.807) is 6.20 Å². The van der Waals surface area contributed by atoms with Crippen molar-refractivity contribution in [1.29, 1.82) is 0 Å². The molecule has 12 heavy (non-hydrogen) atoms.